The van der Waals surface area contributed by atoms with Crippen LogP contribution in [-0.2, 0) is 6.54 Å². The van der Waals surface area contributed by atoms with E-state index in [0.29, 0.717) is 23.2 Å². The van der Waals surface area contributed by atoms with Gasteiger partial charge in [0.1, 0.15) is 5.75 Å². The first-order chi connectivity index (χ1) is 11.9. The van der Waals surface area contributed by atoms with E-state index >= 15 is 0 Å². The summed E-state index contributed by atoms with van der Waals surface area (Å²) in [6.07, 6.45) is 1.68. The van der Waals surface area contributed by atoms with Crippen LogP contribution in [0.3, 0.4) is 0 Å². The first-order valence-electron chi connectivity index (χ1n) is 7.36. The molecule has 0 aliphatic rings. The number of rotatable bonds is 5. The summed E-state index contributed by atoms with van der Waals surface area (Å²) in [7, 11) is 0. The van der Waals surface area contributed by atoms with Gasteiger partial charge in [-0.15, -0.1) is 13.2 Å². The number of benzene rings is 1. The molecule has 0 spiro atoms. The van der Waals surface area contributed by atoms with E-state index < -0.39 is 6.36 Å². The first kappa shape index (κ1) is 16.8. The molecular weight excluding hydrogens is 333 g/mol. The molecule has 0 amide bonds. The second-order valence-electron chi connectivity index (χ2n) is 5.34. The zero-order valence-electron chi connectivity index (χ0n) is 12.9. The fourth-order valence-corrected chi connectivity index (χ4v) is 2.39. The van der Waals surface area contributed by atoms with E-state index in [1.54, 1.807) is 47.4 Å². The van der Waals surface area contributed by atoms with Crippen LogP contribution >= 0.6 is 0 Å². The normalized spacial score (nSPS) is 11.3. The summed E-state index contributed by atoms with van der Waals surface area (Å²) >= 11 is 0. The zero-order valence-corrected chi connectivity index (χ0v) is 12.9. The van der Waals surface area contributed by atoms with Crippen LogP contribution in [0.2, 0.25) is 0 Å². The lowest BCUT2D eigenvalue weighted by Crippen LogP contribution is -2.17. The molecule has 128 valence electrons. The molecule has 2 aromatic heterocycles. The molecule has 3 aromatic rings. The molecule has 0 saturated carbocycles. The molecule has 0 radical (unpaired) electrons. The Labute approximate surface area is 141 Å². The highest BCUT2D eigenvalue weighted by Crippen LogP contribution is 2.23. The van der Waals surface area contributed by atoms with Crippen molar-refractivity contribution in [2.24, 2.45) is 0 Å². The minimum absolute atomic E-state index is 0.166. The van der Waals surface area contributed by atoms with E-state index in [4.69, 9.17) is 0 Å². The number of hydrogen-bond donors (Lipinski definition) is 0. The summed E-state index contributed by atoms with van der Waals surface area (Å²) < 4.78 is 42.5. The van der Waals surface area contributed by atoms with Gasteiger partial charge in [-0.05, 0) is 35.9 Å². The van der Waals surface area contributed by atoms with Crippen LogP contribution in [0.15, 0.2) is 67.3 Å². The van der Waals surface area contributed by atoms with E-state index in [9.17, 15) is 18.0 Å². The fraction of sp³-hybridized carbons (Fsp3) is 0.111. The van der Waals surface area contributed by atoms with Crippen molar-refractivity contribution in [1.29, 1.82) is 0 Å². The molecule has 0 unspecified atom stereocenters. The lowest BCUT2D eigenvalue weighted by atomic mass is 10.1. The predicted molar refractivity (Wildman–Crippen MR) is 84.3 cm³/mol. The molecule has 0 atom stereocenters. The van der Waals surface area contributed by atoms with Crippen molar-refractivity contribution >= 4 is 5.78 Å². The van der Waals surface area contributed by atoms with Gasteiger partial charge in [-0.3, -0.25) is 9.78 Å². The minimum Gasteiger partial charge on any atom is -0.406 e. The van der Waals surface area contributed by atoms with Crippen LogP contribution in [0, 0.1) is 0 Å². The summed E-state index contributed by atoms with van der Waals surface area (Å²) in [5, 5.41) is 0. The molecule has 0 aliphatic heterocycles. The van der Waals surface area contributed by atoms with Crippen molar-refractivity contribution in [3.8, 4) is 5.75 Å². The van der Waals surface area contributed by atoms with Crippen LogP contribution in [0.4, 0.5) is 13.2 Å². The highest BCUT2D eigenvalue weighted by molar-refractivity contribution is 6.08. The fourth-order valence-electron chi connectivity index (χ4n) is 2.39. The van der Waals surface area contributed by atoms with Gasteiger partial charge in [0.2, 0.25) is 0 Å². The Bertz CT molecular complexity index is 873. The zero-order chi connectivity index (χ0) is 17.9. The Morgan fingerprint density at radius 3 is 2.68 bits per heavy atom. The van der Waals surface area contributed by atoms with Gasteiger partial charge in [0.05, 0.1) is 0 Å². The second kappa shape index (κ2) is 6.80. The highest BCUT2D eigenvalue weighted by atomic mass is 19.4. The molecule has 0 fully saturated rings. The van der Waals surface area contributed by atoms with Gasteiger partial charge in [0.15, 0.2) is 5.78 Å². The van der Waals surface area contributed by atoms with E-state index in [1.165, 1.54) is 24.4 Å². The average Bonchev–Trinajstić information content (AvgIpc) is 3.02. The summed E-state index contributed by atoms with van der Waals surface area (Å²) in [5.74, 6) is -0.440. The largest absolute Gasteiger partial charge is 0.573 e. The average molecular weight is 346 g/mol. The maximum atomic E-state index is 12.3. The molecule has 0 N–H and O–H groups in total. The smallest absolute Gasteiger partial charge is 0.406 e. The van der Waals surface area contributed by atoms with E-state index in [-0.39, 0.29) is 11.5 Å². The molecular formula is C18H13F3N2O2. The molecule has 4 nitrogen and oxygen atoms in total. The van der Waals surface area contributed by atoms with Crippen molar-refractivity contribution in [2.75, 3.05) is 0 Å². The summed E-state index contributed by atoms with van der Waals surface area (Å²) in [6, 6.07) is 10.7. The van der Waals surface area contributed by atoms with Gasteiger partial charge < -0.3 is 9.30 Å². The lowest BCUT2D eigenvalue weighted by molar-refractivity contribution is -0.274. The Kier molecular flexibility index (Phi) is 4.56. The maximum absolute atomic E-state index is 12.3. The number of alkyl halides is 3. The predicted octanol–water partition coefficient (Wildman–Crippen LogP) is 4.06. The number of carbonyl (C=O) groups is 1. The number of ether oxygens (including phenoxy) is 1. The van der Waals surface area contributed by atoms with Crippen LogP contribution in [-0.4, -0.2) is 21.7 Å². The third-order valence-corrected chi connectivity index (χ3v) is 3.43. The van der Waals surface area contributed by atoms with Crippen LogP contribution in [0.5, 0.6) is 5.75 Å². The van der Waals surface area contributed by atoms with Gasteiger partial charge in [0, 0.05) is 42.5 Å². The summed E-state index contributed by atoms with van der Waals surface area (Å²) in [5.41, 5.74) is 1.58. The van der Waals surface area contributed by atoms with Crippen molar-refractivity contribution in [2.45, 2.75) is 12.9 Å². The molecule has 1 aromatic carbocycles. The van der Waals surface area contributed by atoms with Crippen molar-refractivity contribution in [3.05, 3.63) is 83.9 Å². The SMILES string of the molecule is O=C(c1cccnc1)c1ccn(Cc2cccc(OC(F)(F)F)c2)c1. The standard InChI is InChI=1S/C18H13F3N2O2/c19-18(20,21)25-16-5-1-3-13(9-16)11-23-8-6-15(12-23)17(24)14-4-2-7-22-10-14/h1-10,12H,11H2. The molecule has 0 saturated heterocycles. The molecule has 2 heterocycles. The number of halogens is 3. The molecule has 0 aliphatic carbocycles. The maximum Gasteiger partial charge on any atom is 0.573 e. The number of hydrogen-bond acceptors (Lipinski definition) is 3. The highest BCUT2D eigenvalue weighted by Gasteiger charge is 2.31. The monoisotopic (exact) mass is 346 g/mol. The minimum atomic E-state index is -4.73. The number of pyridine rings is 1. The molecule has 0 bridgehead atoms. The third-order valence-electron chi connectivity index (χ3n) is 3.43. The molecule has 7 heteroatoms. The van der Waals surface area contributed by atoms with Crippen LogP contribution in [0.1, 0.15) is 21.5 Å². The number of aromatic nitrogens is 2. The Balaban J connectivity index is 1.74. The Morgan fingerprint density at radius 1 is 1.12 bits per heavy atom. The van der Waals surface area contributed by atoms with Gasteiger partial charge in [-0.1, -0.05) is 12.1 Å². The third kappa shape index (κ3) is 4.47. The number of ketones is 1. The van der Waals surface area contributed by atoms with Crippen molar-refractivity contribution in [3.63, 3.8) is 0 Å². The Hall–Kier alpha value is -3.09. The van der Waals surface area contributed by atoms with Crippen LogP contribution in [0.25, 0.3) is 0 Å². The quantitative estimate of drug-likeness (QED) is 0.655. The van der Waals surface area contributed by atoms with Crippen molar-refractivity contribution < 1.29 is 22.7 Å². The number of nitrogens with zero attached hydrogens (tertiary/aromatic N) is 2. The topological polar surface area (TPSA) is 44.1 Å². The van der Waals surface area contributed by atoms with Crippen molar-refractivity contribution in [1.82, 2.24) is 9.55 Å². The van der Waals surface area contributed by atoms with E-state index in [2.05, 4.69) is 9.72 Å². The Morgan fingerprint density at radius 2 is 1.96 bits per heavy atom. The second-order valence-corrected chi connectivity index (χ2v) is 5.34. The van der Waals surface area contributed by atoms with Gasteiger partial charge in [-0.25, -0.2) is 0 Å². The molecule has 25 heavy (non-hydrogen) atoms. The number of carbonyl (C=O) groups excluding carboxylic acids is 1. The van der Waals surface area contributed by atoms with Gasteiger partial charge >= 0.3 is 6.36 Å². The van der Waals surface area contributed by atoms with E-state index in [0.717, 1.165) is 0 Å². The van der Waals surface area contributed by atoms with E-state index in [1.807, 2.05) is 0 Å². The van der Waals surface area contributed by atoms with Crippen LogP contribution < -0.4 is 4.74 Å². The van der Waals surface area contributed by atoms with Gasteiger partial charge in [0.25, 0.3) is 0 Å². The summed E-state index contributed by atoms with van der Waals surface area (Å²) in [4.78, 5) is 16.2. The summed E-state index contributed by atoms with van der Waals surface area (Å²) in [6.45, 7) is 0.315. The lowest BCUT2D eigenvalue weighted by Gasteiger charge is -2.10. The molecule has 3 rings (SSSR count). The van der Waals surface area contributed by atoms with Gasteiger partial charge in [-0.2, -0.15) is 0 Å². The first-order valence-corrected chi connectivity index (χ1v) is 7.36.